The van der Waals surface area contributed by atoms with Crippen molar-refractivity contribution in [1.29, 1.82) is 0 Å². The fraction of sp³-hybridized carbons (Fsp3) is 0.143. The molecule has 0 radical (unpaired) electrons. The zero-order chi connectivity index (χ0) is 15.5. The zero-order valence-electron chi connectivity index (χ0n) is 12.8. The van der Waals surface area contributed by atoms with Gasteiger partial charge in [-0.3, -0.25) is 0 Å². The molecule has 3 aromatic rings. The summed E-state index contributed by atoms with van der Waals surface area (Å²) in [7, 11) is 0. The van der Waals surface area contributed by atoms with Gasteiger partial charge >= 0.3 is 0 Å². The Kier molecular flexibility index (Phi) is 3.83. The molecule has 3 aromatic carbocycles. The summed E-state index contributed by atoms with van der Waals surface area (Å²) in [5.41, 5.74) is 4.56. The molecule has 1 aliphatic rings. The van der Waals surface area contributed by atoms with E-state index in [1.165, 1.54) is 0 Å². The molecule has 2 nitrogen and oxygen atoms in total. The second-order valence-electron chi connectivity index (χ2n) is 5.68. The normalized spacial score (nSPS) is 16.1. The smallest absolute Gasteiger partial charge is 0.135 e. The lowest BCUT2D eigenvalue weighted by Gasteiger charge is -2.16. The Balaban J connectivity index is 1.81. The van der Waals surface area contributed by atoms with Crippen molar-refractivity contribution in [3.63, 3.8) is 0 Å². The highest BCUT2D eigenvalue weighted by Crippen LogP contribution is 2.39. The van der Waals surface area contributed by atoms with Crippen molar-refractivity contribution in [2.24, 2.45) is 0 Å². The second-order valence-corrected chi connectivity index (χ2v) is 5.68. The molecule has 0 bridgehead atoms. The molecule has 23 heavy (non-hydrogen) atoms. The van der Waals surface area contributed by atoms with E-state index in [9.17, 15) is 0 Å². The first-order valence-corrected chi connectivity index (χ1v) is 7.90. The molecule has 4 rings (SSSR count). The highest BCUT2D eigenvalue weighted by atomic mass is 16.6. The molecule has 0 amide bonds. The van der Waals surface area contributed by atoms with Crippen LogP contribution in [0.25, 0.3) is 22.3 Å². The van der Waals surface area contributed by atoms with Crippen LogP contribution in [0, 0.1) is 0 Å². The highest BCUT2D eigenvalue weighted by Gasteiger charge is 2.24. The fourth-order valence-electron chi connectivity index (χ4n) is 2.72. The average molecular weight is 302 g/mol. The molecule has 2 heteroatoms. The van der Waals surface area contributed by atoms with Gasteiger partial charge in [0.15, 0.2) is 0 Å². The van der Waals surface area contributed by atoms with Crippen molar-refractivity contribution < 1.29 is 9.47 Å². The molecule has 0 spiro atoms. The van der Waals surface area contributed by atoms with Crippen LogP contribution in [0.2, 0.25) is 0 Å². The summed E-state index contributed by atoms with van der Waals surface area (Å²) in [6, 6.07) is 27.1. The van der Waals surface area contributed by atoms with Gasteiger partial charge in [0.2, 0.25) is 0 Å². The van der Waals surface area contributed by atoms with Crippen LogP contribution in [-0.4, -0.2) is 19.3 Å². The maximum Gasteiger partial charge on any atom is 0.135 e. The maximum atomic E-state index is 6.18. The van der Waals surface area contributed by atoms with E-state index in [4.69, 9.17) is 9.47 Å². The minimum Gasteiger partial charge on any atom is -0.489 e. The maximum absolute atomic E-state index is 6.18. The summed E-state index contributed by atoms with van der Waals surface area (Å²) in [5.74, 6) is 0.931. The van der Waals surface area contributed by atoms with Crippen molar-refractivity contribution in [2.45, 2.75) is 6.10 Å². The Morgan fingerprint density at radius 1 is 0.739 bits per heavy atom. The van der Waals surface area contributed by atoms with Crippen molar-refractivity contribution in [1.82, 2.24) is 0 Å². The van der Waals surface area contributed by atoms with Gasteiger partial charge < -0.3 is 9.47 Å². The minimum absolute atomic E-state index is 0.238. The van der Waals surface area contributed by atoms with Crippen molar-refractivity contribution in [3.05, 3.63) is 78.9 Å². The molecule has 1 saturated heterocycles. The minimum atomic E-state index is 0.238. The van der Waals surface area contributed by atoms with E-state index in [2.05, 4.69) is 66.7 Å². The predicted molar refractivity (Wildman–Crippen MR) is 92.5 cm³/mol. The Hall–Kier alpha value is -2.58. The Bertz CT molecular complexity index is 720. The fourth-order valence-corrected chi connectivity index (χ4v) is 2.72. The molecule has 114 valence electrons. The number of hydrogen-bond donors (Lipinski definition) is 0. The molecule has 0 aromatic heterocycles. The van der Waals surface area contributed by atoms with Gasteiger partial charge in [-0.05, 0) is 11.1 Å². The molecule has 0 saturated carbocycles. The number of benzene rings is 3. The van der Waals surface area contributed by atoms with Crippen LogP contribution in [0.4, 0.5) is 0 Å². The van der Waals surface area contributed by atoms with Crippen LogP contribution < -0.4 is 4.74 Å². The summed E-state index contributed by atoms with van der Waals surface area (Å²) in [4.78, 5) is 0. The summed E-state index contributed by atoms with van der Waals surface area (Å²) in [6.45, 7) is 1.40. The largest absolute Gasteiger partial charge is 0.489 e. The van der Waals surface area contributed by atoms with Gasteiger partial charge in [0.05, 0.1) is 6.61 Å². The Morgan fingerprint density at radius 3 is 1.74 bits per heavy atom. The molecule has 0 N–H and O–H groups in total. The van der Waals surface area contributed by atoms with Crippen LogP contribution in [0.1, 0.15) is 0 Å². The Morgan fingerprint density at radius 2 is 1.26 bits per heavy atom. The van der Waals surface area contributed by atoms with Crippen molar-refractivity contribution >= 4 is 0 Å². The first-order chi connectivity index (χ1) is 11.4. The van der Waals surface area contributed by atoms with Crippen LogP contribution in [-0.2, 0) is 4.74 Å². The third-order valence-corrected chi connectivity index (χ3v) is 4.00. The van der Waals surface area contributed by atoms with Crippen LogP contribution in [0.15, 0.2) is 78.9 Å². The summed E-state index contributed by atoms with van der Waals surface area (Å²) in [5, 5.41) is 0. The zero-order valence-corrected chi connectivity index (χ0v) is 12.8. The predicted octanol–water partition coefficient (Wildman–Crippen LogP) is 4.80. The van der Waals surface area contributed by atoms with Crippen molar-refractivity contribution in [2.75, 3.05) is 13.2 Å². The lowest BCUT2D eigenvalue weighted by atomic mass is 9.97. The van der Waals surface area contributed by atoms with Gasteiger partial charge in [0.25, 0.3) is 0 Å². The third-order valence-electron chi connectivity index (χ3n) is 4.00. The van der Waals surface area contributed by atoms with E-state index in [0.29, 0.717) is 6.61 Å². The molecular formula is C21H18O2. The number of epoxide rings is 1. The number of para-hydroxylation sites is 1. The third kappa shape index (κ3) is 3.13. The van der Waals surface area contributed by atoms with Gasteiger partial charge in [-0.1, -0.05) is 78.9 Å². The van der Waals surface area contributed by atoms with E-state index in [0.717, 1.165) is 34.6 Å². The standard InChI is InChI=1S/C21H18O2/c1-3-8-16(9-4-1)19-12-7-13-20(17-10-5-2-6-11-17)21(19)23-15-18-14-22-18/h1-13,18H,14-15H2. The van der Waals surface area contributed by atoms with Gasteiger partial charge in [-0.25, -0.2) is 0 Å². The highest BCUT2D eigenvalue weighted by molar-refractivity contribution is 5.82. The first kappa shape index (κ1) is 14.0. The van der Waals surface area contributed by atoms with E-state index < -0.39 is 0 Å². The monoisotopic (exact) mass is 302 g/mol. The van der Waals surface area contributed by atoms with E-state index >= 15 is 0 Å². The number of hydrogen-bond acceptors (Lipinski definition) is 2. The van der Waals surface area contributed by atoms with Gasteiger partial charge in [-0.15, -0.1) is 0 Å². The van der Waals surface area contributed by atoms with E-state index in [1.54, 1.807) is 0 Å². The average Bonchev–Trinajstić information content (AvgIpc) is 3.45. The molecule has 1 aliphatic heterocycles. The molecular weight excluding hydrogens is 284 g/mol. The van der Waals surface area contributed by atoms with Crippen LogP contribution in [0.5, 0.6) is 5.75 Å². The van der Waals surface area contributed by atoms with Crippen molar-refractivity contribution in [3.8, 4) is 28.0 Å². The Labute approximate surface area is 136 Å². The topological polar surface area (TPSA) is 21.8 Å². The summed E-state index contributed by atoms with van der Waals surface area (Å²) < 4.78 is 11.5. The van der Waals surface area contributed by atoms with Gasteiger partial charge in [0, 0.05) is 11.1 Å². The van der Waals surface area contributed by atoms with E-state index in [-0.39, 0.29) is 6.10 Å². The second kappa shape index (κ2) is 6.27. The van der Waals surface area contributed by atoms with Gasteiger partial charge in [0.1, 0.15) is 18.5 Å². The van der Waals surface area contributed by atoms with Crippen LogP contribution in [0.3, 0.4) is 0 Å². The van der Waals surface area contributed by atoms with Gasteiger partial charge in [-0.2, -0.15) is 0 Å². The molecule has 1 unspecified atom stereocenters. The first-order valence-electron chi connectivity index (χ1n) is 7.90. The quantitative estimate of drug-likeness (QED) is 0.632. The number of rotatable bonds is 5. The van der Waals surface area contributed by atoms with E-state index in [1.807, 2.05) is 12.1 Å². The SMILES string of the molecule is c1ccc(-c2cccc(-c3ccccc3)c2OCC2CO2)cc1. The molecule has 0 aliphatic carbocycles. The summed E-state index contributed by atoms with van der Waals surface area (Å²) >= 11 is 0. The molecule has 1 fully saturated rings. The summed E-state index contributed by atoms with van der Waals surface area (Å²) in [6.07, 6.45) is 0.238. The molecule has 1 heterocycles. The lowest BCUT2D eigenvalue weighted by molar-refractivity contribution is 0.264. The lowest BCUT2D eigenvalue weighted by Crippen LogP contribution is -2.06. The van der Waals surface area contributed by atoms with Crippen LogP contribution >= 0.6 is 0 Å². The number of ether oxygens (including phenoxy) is 2. The molecule has 1 atom stereocenters.